The van der Waals surface area contributed by atoms with Crippen molar-refractivity contribution >= 4 is 62.1 Å². The number of sulfone groups is 1. The fraction of sp³-hybridized carbons (Fsp3) is 0.583. The predicted octanol–water partition coefficient (Wildman–Crippen LogP) is 2.47. The summed E-state index contributed by atoms with van der Waals surface area (Å²) in [5.41, 5.74) is 0. The third-order valence-electron chi connectivity index (χ3n) is 2.69. The van der Waals surface area contributed by atoms with Gasteiger partial charge in [0.2, 0.25) is 3.79 Å². The van der Waals surface area contributed by atoms with E-state index in [9.17, 15) is 8.42 Å². The molecule has 0 spiro atoms. The van der Waals surface area contributed by atoms with Gasteiger partial charge in [-0.3, -0.25) is 4.99 Å². The van der Waals surface area contributed by atoms with Crippen molar-refractivity contribution in [2.75, 3.05) is 25.2 Å². The summed E-state index contributed by atoms with van der Waals surface area (Å²) in [6.07, 6.45) is 6.61. The van der Waals surface area contributed by atoms with Gasteiger partial charge in [0.25, 0.3) is 0 Å². The molecule has 22 heavy (non-hydrogen) atoms. The van der Waals surface area contributed by atoms with Gasteiger partial charge in [0, 0.05) is 0 Å². The Labute approximate surface area is 150 Å². The van der Waals surface area contributed by atoms with Crippen LogP contribution in [0, 0.1) is 0 Å². The molecule has 1 aliphatic rings. The van der Waals surface area contributed by atoms with Crippen LogP contribution in [0.4, 0.5) is 0 Å². The summed E-state index contributed by atoms with van der Waals surface area (Å²) >= 11 is 23.6. The Kier molecular flexibility index (Phi) is 7.82. The molecule has 1 heterocycles. The molecule has 2 atom stereocenters. The average molecular weight is 410 g/mol. The fourth-order valence-electron chi connectivity index (χ4n) is 1.74. The number of hydrogen-bond acceptors (Lipinski definition) is 4. The van der Waals surface area contributed by atoms with E-state index in [1.807, 2.05) is 0 Å². The second kappa shape index (κ2) is 8.64. The van der Waals surface area contributed by atoms with Gasteiger partial charge in [-0.05, 0) is 6.08 Å². The first kappa shape index (κ1) is 19.9. The van der Waals surface area contributed by atoms with Crippen molar-refractivity contribution in [3.8, 4) is 0 Å². The summed E-state index contributed by atoms with van der Waals surface area (Å²) in [5, 5.41) is 2.24. The normalized spacial score (nSPS) is 26.0. The molecule has 1 saturated heterocycles. The van der Waals surface area contributed by atoms with Crippen LogP contribution in [0.5, 0.6) is 0 Å². The minimum Gasteiger partial charge on any atom is -0.504 e. The lowest BCUT2D eigenvalue weighted by molar-refractivity contribution is 0.338. The van der Waals surface area contributed by atoms with Crippen LogP contribution in [-0.4, -0.2) is 54.6 Å². The molecule has 0 bridgehead atoms. The Balaban J connectivity index is 2.74. The Morgan fingerprint density at radius 2 is 2.05 bits per heavy atom. The zero-order valence-corrected chi connectivity index (χ0v) is 15.5. The molecule has 1 rings (SSSR count). The highest BCUT2D eigenvalue weighted by atomic mass is 35.6. The molecular weight excluding hydrogens is 394 g/mol. The number of nitrogens with one attached hydrogen (secondary N) is 1. The highest BCUT2D eigenvalue weighted by Gasteiger charge is 2.39. The van der Waals surface area contributed by atoms with E-state index in [-0.39, 0.29) is 23.9 Å². The number of methoxy groups -OCH3 is 1. The highest BCUT2D eigenvalue weighted by molar-refractivity contribution is 7.91. The molecule has 126 valence electrons. The summed E-state index contributed by atoms with van der Waals surface area (Å²) in [6.45, 7) is 0.247. The Morgan fingerprint density at radius 3 is 2.55 bits per heavy atom. The number of halogens is 4. The first-order valence-electron chi connectivity index (χ1n) is 6.23. The molecule has 0 aromatic rings. The van der Waals surface area contributed by atoms with E-state index in [1.54, 1.807) is 18.2 Å². The lowest BCUT2D eigenvalue weighted by Gasteiger charge is -2.22. The zero-order valence-electron chi connectivity index (χ0n) is 11.7. The Hall–Kier alpha value is -0.140. The van der Waals surface area contributed by atoms with Crippen molar-refractivity contribution in [2.45, 2.75) is 15.2 Å². The quantitative estimate of drug-likeness (QED) is 0.249. The summed E-state index contributed by atoms with van der Waals surface area (Å²) in [5.74, 6) is -0.167. The first-order chi connectivity index (χ1) is 10.2. The van der Waals surface area contributed by atoms with Gasteiger partial charge in [-0.15, -0.1) is 11.6 Å². The molecule has 1 N–H and O–H groups in total. The average Bonchev–Trinajstić information content (AvgIpc) is 2.63. The van der Waals surface area contributed by atoms with E-state index in [0.29, 0.717) is 0 Å². The van der Waals surface area contributed by atoms with Crippen LogP contribution >= 0.6 is 46.4 Å². The van der Waals surface area contributed by atoms with Crippen LogP contribution in [-0.2, 0) is 14.6 Å². The molecule has 0 radical (unpaired) electrons. The molecule has 1 aliphatic heterocycles. The number of amidine groups is 1. The van der Waals surface area contributed by atoms with Gasteiger partial charge in [-0.2, -0.15) is 0 Å². The Morgan fingerprint density at radius 1 is 1.36 bits per heavy atom. The van der Waals surface area contributed by atoms with Crippen molar-refractivity contribution in [3.05, 3.63) is 24.5 Å². The molecule has 5 nitrogen and oxygen atoms in total. The molecule has 0 aromatic carbocycles. The zero-order chi connectivity index (χ0) is 16.8. The molecule has 1 fully saturated rings. The number of hydrogen-bond donors (Lipinski definition) is 1. The third kappa shape index (κ3) is 6.96. The molecule has 0 aromatic heterocycles. The van der Waals surface area contributed by atoms with Crippen LogP contribution in [0.3, 0.4) is 0 Å². The number of nitrogens with zero attached hydrogens (tertiary/aromatic N) is 1. The number of ether oxygens (including phenoxy) is 1. The van der Waals surface area contributed by atoms with Gasteiger partial charge in [0.15, 0.2) is 9.84 Å². The summed E-state index contributed by atoms with van der Waals surface area (Å²) in [4.78, 5) is 4.13. The molecule has 0 aliphatic carbocycles. The van der Waals surface area contributed by atoms with E-state index < -0.39 is 25.0 Å². The fourth-order valence-corrected chi connectivity index (χ4v) is 4.63. The van der Waals surface area contributed by atoms with Crippen molar-refractivity contribution in [3.63, 3.8) is 0 Å². The largest absolute Gasteiger partial charge is 0.504 e. The minimum atomic E-state index is -3.19. The second-order valence-corrected chi connectivity index (χ2v) is 9.52. The van der Waals surface area contributed by atoms with Crippen molar-refractivity contribution in [1.29, 1.82) is 0 Å². The smallest absolute Gasteiger partial charge is 0.247 e. The number of aliphatic imine (C=N–C) groups is 1. The second-order valence-electron chi connectivity index (χ2n) is 4.52. The predicted molar refractivity (Wildman–Crippen MR) is 93.1 cm³/mol. The number of alkyl halides is 4. The molecule has 10 heteroatoms. The van der Waals surface area contributed by atoms with E-state index in [0.717, 1.165) is 0 Å². The summed E-state index contributed by atoms with van der Waals surface area (Å²) < 4.78 is 26.0. The van der Waals surface area contributed by atoms with Gasteiger partial charge >= 0.3 is 0 Å². The maximum absolute atomic E-state index is 11.5. The minimum absolute atomic E-state index is 0.0608. The van der Waals surface area contributed by atoms with Gasteiger partial charge in [-0.1, -0.05) is 47.0 Å². The maximum Gasteiger partial charge on any atom is 0.247 e. The lowest BCUT2D eigenvalue weighted by Crippen LogP contribution is -2.46. The summed E-state index contributed by atoms with van der Waals surface area (Å²) in [6, 6.07) is -0.543. The maximum atomic E-state index is 11.5. The monoisotopic (exact) mass is 408 g/mol. The van der Waals surface area contributed by atoms with Crippen molar-refractivity contribution < 1.29 is 13.2 Å². The van der Waals surface area contributed by atoms with Gasteiger partial charge < -0.3 is 10.1 Å². The molecule has 0 unspecified atom stereocenters. The van der Waals surface area contributed by atoms with E-state index >= 15 is 0 Å². The summed E-state index contributed by atoms with van der Waals surface area (Å²) in [7, 11) is -1.65. The van der Waals surface area contributed by atoms with Crippen LogP contribution in [0.2, 0.25) is 0 Å². The van der Waals surface area contributed by atoms with Crippen molar-refractivity contribution in [2.24, 2.45) is 4.99 Å². The highest BCUT2D eigenvalue weighted by Crippen LogP contribution is 2.28. The van der Waals surface area contributed by atoms with Crippen LogP contribution in [0.1, 0.15) is 0 Å². The standard InChI is InChI=1S/C12H16Cl4N2O3S/c1-21-6-4-2-3-5-17-11(12(14,15)16)18-10-8-22(19,20)7-9(10)13/h2-4,6,9-10H,5,7-8H2,1H3,(H,17,18)/b3-2+,6-4-/t9-,10+/m1/s1. The topological polar surface area (TPSA) is 67.8 Å². The lowest BCUT2D eigenvalue weighted by atomic mass is 10.2. The third-order valence-corrected chi connectivity index (χ3v) is 5.60. The molecule has 0 amide bonds. The van der Waals surface area contributed by atoms with Gasteiger partial charge in [-0.25, -0.2) is 8.42 Å². The van der Waals surface area contributed by atoms with Crippen LogP contribution in [0.15, 0.2) is 29.5 Å². The Bertz CT molecular complexity index is 555. The van der Waals surface area contributed by atoms with Crippen molar-refractivity contribution in [1.82, 2.24) is 5.32 Å². The van der Waals surface area contributed by atoms with Crippen LogP contribution < -0.4 is 5.32 Å². The van der Waals surface area contributed by atoms with Crippen LogP contribution in [0.25, 0.3) is 0 Å². The van der Waals surface area contributed by atoms with E-state index in [4.69, 9.17) is 51.1 Å². The molecule has 0 saturated carbocycles. The molecular formula is C12H16Cl4N2O3S. The first-order valence-corrected chi connectivity index (χ1v) is 9.62. The number of rotatable bonds is 5. The SMILES string of the molecule is CO/C=C\C=C\CN=C(N[C@H]1CS(=O)(=O)C[C@H]1Cl)C(Cl)(Cl)Cl. The number of allylic oxidation sites excluding steroid dienone is 2. The van der Waals surface area contributed by atoms with E-state index in [2.05, 4.69) is 10.3 Å². The van der Waals surface area contributed by atoms with Gasteiger partial charge in [0.1, 0.15) is 5.84 Å². The van der Waals surface area contributed by atoms with E-state index in [1.165, 1.54) is 13.4 Å². The van der Waals surface area contributed by atoms with Gasteiger partial charge in [0.05, 0.1) is 42.8 Å².